The first-order chi connectivity index (χ1) is 10.9. The minimum Gasteiger partial charge on any atom is -0.286 e. The number of benzene rings is 1. The van der Waals surface area contributed by atoms with Crippen LogP contribution in [0.4, 0.5) is 13.2 Å². The Kier molecular flexibility index (Phi) is 3.95. The quantitative estimate of drug-likeness (QED) is 0.659. The van der Waals surface area contributed by atoms with Crippen molar-refractivity contribution in [2.24, 2.45) is 0 Å². The third-order valence-electron chi connectivity index (χ3n) is 2.97. The number of aromatic nitrogens is 3. The monoisotopic (exact) mass is 357 g/mol. The SMILES string of the molecule is O=C(c1cccs1)c1nnn(-c2ccc(Cl)cc2)c1C(F)(F)F. The molecule has 0 saturated carbocycles. The zero-order chi connectivity index (χ0) is 16.6. The van der Waals surface area contributed by atoms with E-state index in [-0.39, 0.29) is 10.6 Å². The van der Waals surface area contributed by atoms with Crippen LogP contribution in [0.5, 0.6) is 0 Å². The Morgan fingerprint density at radius 3 is 2.43 bits per heavy atom. The first-order valence-corrected chi connectivity index (χ1v) is 7.51. The Bertz CT molecular complexity index is 841. The number of carbonyl (C=O) groups is 1. The molecule has 23 heavy (non-hydrogen) atoms. The first-order valence-electron chi connectivity index (χ1n) is 6.25. The van der Waals surface area contributed by atoms with Gasteiger partial charge in [0.2, 0.25) is 5.78 Å². The lowest BCUT2D eigenvalue weighted by Crippen LogP contribution is -2.17. The molecule has 2 aromatic heterocycles. The molecule has 3 aromatic rings. The summed E-state index contributed by atoms with van der Waals surface area (Å²) in [6, 6.07) is 8.61. The number of ketones is 1. The van der Waals surface area contributed by atoms with Crippen LogP contribution in [0.15, 0.2) is 41.8 Å². The van der Waals surface area contributed by atoms with E-state index in [1.165, 1.54) is 30.3 Å². The highest BCUT2D eigenvalue weighted by Gasteiger charge is 2.42. The van der Waals surface area contributed by atoms with Crippen molar-refractivity contribution in [3.63, 3.8) is 0 Å². The molecule has 0 fully saturated rings. The van der Waals surface area contributed by atoms with Crippen molar-refractivity contribution in [3.8, 4) is 5.69 Å². The third kappa shape index (κ3) is 2.99. The summed E-state index contributed by atoms with van der Waals surface area (Å²) in [5, 5.41) is 8.93. The molecule has 0 bridgehead atoms. The molecule has 0 spiro atoms. The van der Waals surface area contributed by atoms with Gasteiger partial charge in [-0.05, 0) is 35.7 Å². The highest BCUT2D eigenvalue weighted by molar-refractivity contribution is 7.12. The van der Waals surface area contributed by atoms with E-state index >= 15 is 0 Å². The second kappa shape index (κ2) is 5.78. The van der Waals surface area contributed by atoms with Crippen molar-refractivity contribution in [1.29, 1.82) is 0 Å². The van der Waals surface area contributed by atoms with Gasteiger partial charge in [0.25, 0.3) is 0 Å². The molecule has 0 amide bonds. The maximum atomic E-state index is 13.4. The number of halogens is 4. The fourth-order valence-electron chi connectivity index (χ4n) is 1.98. The molecular weight excluding hydrogens is 351 g/mol. The van der Waals surface area contributed by atoms with Crippen molar-refractivity contribution in [2.45, 2.75) is 6.18 Å². The zero-order valence-electron chi connectivity index (χ0n) is 11.2. The Balaban J connectivity index is 2.16. The highest BCUT2D eigenvalue weighted by atomic mass is 35.5. The largest absolute Gasteiger partial charge is 0.435 e. The number of nitrogens with zero attached hydrogens (tertiary/aromatic N) is 3. The van der Waals surface area contributed by atoms with Gasteiger partial charge in [-0.15, -0.1) is 16.4 Å². The molecular formula is C14H7ClF3N3OS. The van der Waals surface area contributed by atoms with Gasteiger partial charge in [-0.1, -0.05) is 22.9 Å². The van der Waals surface area contributed by atoms with E-state index in [9.17, 15) is 18.0 Å². The average molecular weight is 358 g/mol. The number of thiophene rings is 1. The minimum absolute atomic E-state index is 0.111. The van der Waals surface area contributed by atoms with Gasteiger partial charge in [0.15, 0.2) is 11.4 Å². The molecule has 0 aliphatic rings. The van der Waals surface area contributed by atoms with Gasteiger partial charge in [0, 0.05) is 5.02 Å². The molecule has 9 heteroatoms. The van der Waals surface area contributed by atoms with E-state index < -0.39 is 23.3 Å². The lowest BCUT2D eigenvalue weighted by Gasteiger charge is -2.10. The van der Waals surface area contributed by atoms with E-state index in [1.54, 1.807) is 11.4 Å². The molecule has 3 rings (SSSR count). The summed E-state index contributed by atoms with van der Waals surface area (Å²) in [5.41, 5.74) is -1.83. The summed E-state index contributed by atoms with van der Waals surface area (Å²) < 4.78 is 40.9. The Hall–Kier alpha value is -2.19. The third-order valence-corrected chi connectivity index (χ3v) is 4.09. The molecule has 0 saturated heterocycles. The topological polar surface area (TPSA) is 47.8 Å². The Labute approximate surface area is 137 Å². The van der Waals surface area contributed by atoms with E-state index in [2.05, 4.69) is 10.3 Å². The smallest absolute Gasteiger partial charge is 0.286 e. The average Bonchev–Trinajstić information content (AvgIpc) is 3.16. The van der Waals surface area contributed by atoms with Crippen molar-refractivity contribution >= 4 is 28.7 Å². The molecule has 1 aromatic carbocycles. The normalized spacial score (nSPS) is 11.7. The fourth-order valence-corrected chi connectivity index (χ4v) is 2.77. The standard InChI is InChI=1S/C14H7ClF3N3OS/c15-8-3-5-9(6-4-8)21-13(14(16,17)18)11(19-20-21)12(22)10-2-1-7-23-10/h1-7H. The maximum Gasteiger partial charge on any atom is 0.435 e. The molecule has 0 radical (unpaired) electrons. The van der Waals surface area contributed by atoms with Crippen LogP contribution in [0.1, 0.15) is 21.1 Å². The lowest BCUT2D eigenvalue weighted by atomic mass is 10.2. The van der Waals surface area contributed by atoms with Gasteiger partial charge in [-0.3, -0.25) is 4.79 Å². The Morgan fingerprint density at radius 2 is 1.87 bits per heavy atom. The number of carbonyl (C=O) groups excluding carboxylic acids is 1. The lowest BCUT2D eigenvalue weighted by molar-refractivity contribution is -0.143. The van der Waals surface area contributed by atoms with Crippen LogP contribution in [0, 0.1) is 0 Å². The summed E-state index contributed by atoms with van der Waals surface area (Å²) in [6.45, 7) is 0. The predicted octanol–water partition coefficient (Wildman–Crippen LogP) is 4.23. The number of alkyl halides is 3. The highest BCUT2D eigenvalue weighted by Crippen LogP contribution is 2.34. The van der Waals surface area contributed by atoms with Crippen LogP contribution in [0.2, 0.25) is 5.02 Å². The number of rotatable bonds is 3. The molecule has 4 nitrogen and oxygen atoms in total. The molecule has 0 atom stereocenters. The first kappa shape index (κ1) is 15.7. The van der Waals surface area contributed by atoms with Crippen LogP contribution in [-0.2, 0) is 6.18 Å². The Morgan fingerprint density at radius 1 is 1.17 bits per heavy atom. The van der Waals surface area contributed by atoms with Crippen molar-refractivity contribution in [3.05, 3.63) is 63.1 Å². The molecule has 0 aliphatic heterocycles. The van der Waals surface area contributed by atoms with E-state index in [0.717, 1.165) is 11.3 Å². The summed E-state index contributed by atoms with van der Waals surface area (Å²) >= 11 is 6.77. The fraction of sp³-hybridized carbons (Fsp3) is 0.0714. The molecule has 2 heterocycles. The van der Waals surface area contributed by atoms with Crippen LogP contribution in [0.25, 0.3) is 5.69 Å². The minimum atomic E-state index is -4.79. The van der Waals surface area contributed by atoms with Crippen molar-refractivity contribution in [1.82, 2.24) is 15.0 Å². The maximum absolute atomic E-state index is 13.4. The van der Waals surface area contributed by atoms with Crippen molar-refractivity contribution in [2.75, 3.05) is 0 Å². The van der Waals surface area contributed by atoms with Gasteiger partial charge in [0.05, 0.1) is 10.6 Å². The summed E-state index contributed by atoms with van der Waals surface area (Å²) in [4.78, 5) is 12.4. The second-order valence-electron chi connectivity index (χ2n) is 4.48. The van der Waals surface area contributed by atoms with Crippen molar-refractivity contribution < 1.29 is 18.0 Å². The van der Waals surface area contributed by atoms with Gasteiger partial charge >= 0.3 is 6.18 Å². The number of hydrogen-bond acceptors (Lipinski definition) is 4. The van der Waals surface area contributed by atoms with E-state index in [0.29, 0.717) is 9.70 Å². The van der Waals surface area contributed by atoms with Gasteiger partial charge in [0.1, 0.15) is 0 Å². The van der Waals surface area contributed by atoms with Crippen LogP contribution in [0.3, 0.4) is 0 Å². The van der Waals surface area contributed by atoms with Gasteiger partial charge in [-0.2, -0.15) is 13.2 Å². The molecule has 118 valence electrons. The van der Waals surface area contributed by atoms with E-state index in [1.807, 2.05) is 0 Å². The van der Waals surface area contributed by atoms with Crippen LogP contribution in [-0.4, -0.2) is 20.8 Å². The van der Waals surface area contributed by atoms with Crippen LogP contribution >= 0.6 is 22.9 Å². The second-order valence-corrected chi connectivity index (χ2v) is 5.86. The number of hydrogen-bond donors (Lipinski definition) is 0. The molecule has 0 unspecified atom stereocenters. The van der Waals surface area contributed by atoms with Gasteiger partial charge in [-0.25, -0.2) is 4.68 Å². The summed E-state index contributed by atoms with van der Waals surface area (Å²) in [5.74, 6) is -0.812. The summed E-state index contributed by atoms with van der Waals surface area (Å²) in [6.07, 6.45) is -4.79. The van der Waals surface area contributed by atoms with E-state index in [4.69, 9.17) is 11.6 Å². The zero-order valence-corrected chi connectivity index (χ0v) is 12.8. The molecule has 0 aliphatic carbocycles. The summed E-state index contributed by atoms with van der Waals surface area (Å²) in [7, 11) is 0. The molecule has 0 N–H and O–H groups in total. The van der Waals surface area contributed by atoms with Gasteiger partial charge < -0.3 is 0 Å². The predicted molar refractivity (Wildman–Crippen MR) is 79.1 cm³/mol. The van der Waals surface area contributed by atoms with Crippen LogP contribution < -0.4 is 0 Å².